The summed E-state index contributed by atoms with van der Waals surface area (Å²) in [4.78, 5) is 13.6. The summed E-state index contributed by atoms with van der Waals surface area (Å²) in [7, 11) is 0. The van der Waals surface area contributed by atoms with Crippen molar-refractivity contribution in [1.29, 1.82) is 0 Å². The van der Waals surface area contributed by atoms with Gasteiger partial charge in [0.15, 0.2) is 5.78 Å². The number of ether oxygens (including phenoxy) is 2. The van der Waals surface area contributed by atoms with Gasteiger partial charge in [-0.15, -0.1) is 0 Å². The van der Waals surface area contributed by atoms with Crippen LogP contribution in [0.25, 0.3) is 0 Å². The van der Waals surface area contributed by atoms with Gasteiger partial charge in [0.2, 0.25) is 5.79 Å². The largest absolute Gasteiger partial charge is 0.390 e. The number of epoxide rings is 1. The number of ketones is 1. The Hall–Kier alpha value is -0.790. The third-order valence-electron chi connectivity index (χ3n) is 10.4. The molecule has 6 nitrogen and oxygen atoms in total. The number of allylic oxidation sites excluding steroid dienone is 2. The summed E-state index contributed by atoms with van der Waals surface area (Å²) in [5.41, 5.74) is -0.0794. The third kappa shape index (κ3) is 1.24. The summed E-state index contributed by atoms with van der Waals surface area (Å²) in [5, 5.41) is 34.5. The van der Waals surface area contributed by atoms with Crippen molar-refractivity contribution in [3.63, 3.8) is 0 Å². The van der Waals surface area contributed by atoms with Crippen LogP contribution in [-0.2, 0) is 14.3 Å². The van der Waals surface area contributed by atoms with E-state index in [0.717, 1.165) is 18.4 Å². The Balaban J connectivity index is 1.52. The van der Waals surface area contributed by atoms with E-state index in [1.54, 1.807) is 0 Å². The number of carbonyl (C=O) groups excluding carboxylic acids is 1. The summed E-state index contributed by atoms with van der Waals surface area (Å²) in [6.45, 7) is 6.28. The average molecular weight is 388 g/mol. The Morgan fingerprint density at radius 1 is 1.14 bits per heavy atom. The third-order valence-corrected chi connectivity index (χ3v) is 10.4. The van der Waals surface area contributed by atoms with Crippen LogP contribution in [-0.4, -0.2) is 57.9 Å². The van der Waals surface area contributed by atoms with Crippen LogP contribution in [0.5, 0.6) is 0 Å². The Kier molecular flexibility index (Phi) is 2.61. The van der Waals surface area contributed by atoms with Crippen LogP contribution in [0.3, 0.4) is 0 Å². The number of fused-ring (bicyclic) bond motifs is 3. The fourth-order valence-electron chi connectivity index (χ4n) is 9.53. The zero-order valence-electron chi connectivity index (χ0n) is 16.5. The highest BCUT2D eigenvalue weighted by molar-refractivity contribution is 6.12. The molecule has 152 valence electrons. The van der Waals surface area contributed by atoms with Crippen molar-refractivity contribution in [3.05, 3.63) is 11.1 Å². The van der Waals surface area contributed by atoms with Gasteiger partial charge >= 0.3 is 0 Å². The predicted octanol–water partition coefficient (Wildman–Crippen LogP) is 0.782. The molecule has 0 aromatic carbocycles. The lowest BCUT2D eigenvalue weighted by atomic mass is 9.26. The van der Waals surface area contributed by atoms with Gasteiger partial charge in [0.25, 0.3) is 0 Å². The molecule has 6 heteroatoms. The highest BCUT2D eigenvalue weighted by atomic mass is 16.6. The Labute approximate surface area is 163 Å². The topological polar surface area (TPSA) is 99.5 Å². The van der Waals surface area contributed by atoms with E-state index in [-0.39, 0.29) is 35.7 Å². The highest BCUT2D eigenvalue weighted by Gasteiger charge is 2.91. The first-order valence-corrected chi connectivity index (χ1v) is 10.8. The maximum atomic E-state index is 13.6. The first-order valence-electron chi connectivity index (χ1n) is 10.8. The molecule has 3 heterocycles. The van der Waals surface area contributed by atoms with E-state index in [2.05, 4.69) is 0 Å². The van der Waals surface area contributed by atoms with Gasteiger partial charge in [-0.05, 0) is 43.4 Å². The number of carbonyl (C=O) groups is 1. The van der Waals surface area contributed by atoms with Gasteiger partial charge in [-0.1, -0.05) is 19.4 Å². The molecule has 0 aromatic heterocycles. The average Bonchev–Trinajstić information content (AvgIpc) is 3.44. The number of Topliss-reactive ketones (excluding diaryl/α,β-unsaturated/α-hetero) is 1. The molecule has 8 aliphatic rings. The molecule has 2 spiro atoms. The quantitative estimate of drug-likeness (QED) is 0.531. The van der Waals surface area contributed by atoms with Crippen molar-refractivity contribution >= 4 is 5.78 Å². The Bertz CT molecular complexity index is 878. The second kappa shape index (κ2) is 4.30. The minimum atomic E-state index is -1.88. The van der Waals surface area contributed by atoms with E-state index in [4.69, 9.17) is 9.47 Å². The van der Waals surface area contributed by atoms with Gasteiger partial charge in [0, 0.05) is 22.8 Å². The van der Waals surface area contributed by atoms with E-state index in [1.165, 1.54) is 5.57 Å². The second-order valence-corrected chi connectivity index (χ2v) is 11.1. The van der Waals surface area contributed by atoms with Crippen LogP contribution in [0, 0.1) is 39.9 Å². The van der Waals surface area contributed by atoms with Gasteiger partial charge in [0.05, 0.1) is 18.8 Å². The molecule has 8 rings (SSSR count). The number of hydrogen-bond acceptors (Lipinski definition) is 6. The Morgan fingerprint density at radius 3 is 2.64 bits per heavy atom. The van der Waals surface area contributed by atoms with E-state index in [1.807, 2.05) is 20.8 Å². The molecule has 0 radical (unpaired) electrons. The van der Waals surface area contributed by atoms with Crippen molar-refractivity contribution in [2.24, 2.45) is 39.9 Å². The molecule has 5 aliphatic carbocycles. The van der Waals surface area contributed by atoms with Crippen molar-refractivity contribution in [3.8, 4) is 0 Å². The monoisotopic (exact) mass is 388 g/mol. The molecule has 28 heavy (non-hydrogen) atoms. The lowest BCUT2D eigenvalue weighted by Crippen LogP contribution is -2.85. The van der Waals surface area contributed by atoms with Crippen LogP contribution >= 0.6 is 0 Å². The van der Waals surface area contributed by atoms with Gasteiger partial charge in [0.1, 0.15) is 17.6 Å². The summed E-state index contributed by atoms with van der Waals surface area (Å²) >= 11 is 0. The minimum absolute atomic E-state index is 0.00138. The summed E-state index contributed by atoms with van der Waals surface area (Å²) in [6, 6.07) is 0. The number of rotatable bonds is 0. The van der Waals surface area contributed by atoms with Crippen LogP contribution in [0.1, 0.15) is 40.0 Å². The smallest absolute Gasteiger partial charge is 0.206 e. The molecule has 7 fully saturated rings. The molecule has 11 atom stereocenters. The van der Waals surface area contributed by atoms with Gasteiger partial charge in [-0.2, -0.15) is 0 Å². The second-order valence-electron chi connectivity index (χ2n) is 11.1. The van der Waals surface area contributed by atoms with Gasteiger partial charge in [-0.25, -0.2) is 0 Å². The van der Waals surface area contributed by atoms with Crippen molar-refractivity contribution in [1.82, 2.24) is 0 Å². The summed E-state index contributed by atoms with van der Waals surface area (Å²) in [6.07, 6.45) is 0.186. The fraction of sp³-hybridized carbons (Fsp3) is 0.864. The molecule has 3 N–H and O–H groups in total. The molecule has 3 saturated heterocycles. The predicted molar refractivity (Wildman–Crippen MR) is 95.7 cm³/mol. The van der Waals surface area contributed by atoms with Gasteiger partial charge < -0.3 is 24.8 Å². The number of hydrogen-bond donors (Lipinski definition) is 3. The Morgan fingerprint density at radius 2 is 1.89 bits per heavy atom. The first kappa shape index (κ1) is 16.9. The van der Waals surface area contributed by atoms with E-state index in [0.29, 0.717) is 18.9 Å². The van der Waals surface area contributed by atoms with E-state index < -0.39 is 34.2 Å². The molecule has 0 amide bonds. The number of aliphatic hydroxyl groups excluding tert-OH is 2. The lowest BCUT2D eigenvalue weighted by Gasteiger charge is -2.76. The minimum Gasteiger partial charge on any atom is -0.390 e. The molecular weight excluding hydrogens is 360 g/mol. The van der Waals surface area contributed by atoms with E-state index >= 15 is 0 Å². The first-order chi connectivity index (χ1) is 13.2. The molecular formula is C22H28O6. The standard InChI is InChI=1S/C22H28O6/c1-8-9-4-5-10-20-6-7-27-22(26,21(10)12(9)11(8)15(21)23)17(25)14(20)19(2,3)16(24)13-18(20)28-13/h9-10,12-14,16-18,24-26H,4-7H2,1-3H3. The van der Waals surface area contributed by atoms with Crippen molar-refractivity contribution in [2.45, 2.75) is 70.2 Å². The van der Waals surface area contributed by atoms with Crippen molar-refractivity contribution < 1.29 is 29.6 Å². The van der Waals surface area contributed by atoms with Crippen LogP contribution in [0.2, 0.25) is 0 Å². The lowest BCUT2D eigenvalue weighted by molar-refractivity contribution is -0.386. The molecule has 0 aromatic rings. The highest BCUT2D eigenvalue weighted by Crippen LogP contribution is 2.83. The summed E-state index contributed by atoms with van der Waals surface area (Å²) in [5.74, 6) is -2.02. The maximum absolute atomic E-state index is 13.6. The van der Waals surface area contributed by atoms with Crippen LogP contribution in [0.4, 0.5) is 0 Å². The fourth-order valence-corrected chi connectivity index (χ4v) is 9.53. The molecule has 2 bridgehead atoms. The van der Waals surface area contributed by atoms with Crippen LogP contribution < -0.4 is 0 Å². The molecule has 3 aliphatic heterocycles. The zero-order chi connectivity index (χ0) is 19.6. The summed E-state index contributed by atoms with van der Waals surface area (Å²) < 4.78 is 12.1. The van der Waals surface area contributed by atoms with Crippen molar-refractivity contribution in [2.75, 3.05) is 6.61 Å². The molecule has 11 unspecified atom stereocenters. The van der Waals surface area contributed by atoms with Gasteiger partial charge in [-0.3, -0.25) is 4.79 Å². The zero-order valence-corrected chi connectivity index (χ0v) is 16.5. The maximum Gasteiger partial charge on any atom is 0.206 e. The molecule has 4 saturated carbocycles. The van der Waals surface area contributed by atoms with Crippen LogP contribution in [0.15, 0.2) is 11.1 Å². The SMILES string of the molecule is CC1=C2C(=O)C34C2C1CCC3C12CCOC4(O)C(O)C1C(C)(C)C(O)C1OC12. The van der Waals surface area contributed by atoms with E-state index in [9.17, 15) is 20.1 Å². The number of aliphatic hydroxyl groups is 3. The normalized spacial score (nSPS) is 64.6.